The van der Waals surface area contributed by atoms with Gasteiger partial charge >= 0.3 is 5.97 Å². The average Bonchev–Trinajstić information content (AvgIpc) is 2.91. The summed E-state index contributed by atoms with van der Waals surface area (Å²) in [6, 6.07) is 3.25. The van der Waals surface area contributed by atoms with Crippen molar-refractivity contribution in [2.75, 3.05) is 5.32 Å². The largest absolute Gasteiger partial charge is 0.481 e. The predicted molar refractivity (Wildman–Crippen MR) is 78.1 cm³/mol. The zero-order valence-electron chi connectivity index (χ0n) is 11.3. The number of nitrogens with zero attached hydrogens (tertiary/aromatic N) is 2. The Kier molecular flexibility index (Phi) is 3.68. The van der Waals surface area contributed by atoms with Gasteiger partial charge in [0, 0.05) is 25.2 Å². The molecule has 0 fully saturated rings. The van der Waals surface area contributed by atoms with E-state index in [1.807, 2.05) is 0 Å². The second-order valence-electron chi connectivity index (χ2n) is 4.86. The van der Waals surface area contributed by atoms with Crippen LogP contribution in [0.25, 0.3) is 0 Å². The van der Waals surface area contributed by atoms with Crippen molar-refractivity contribution in [2.45, 2.75) is 12.8 Å². The van der Waals surface area contributed by atoms with Gasteiger partial charge in [-0.1, -0.05) is 11.3 Å². The lowest BCUT2D eigenvalue weighted by Crippen LogP contribution is -2.25. The highest BCUT2D eigenvalue weighted by molar-refractivity contribution is 7.17. The third kappa shape index (κ3) is 2.73. The molecule has 1 unspecified atom stereocenters. The quantitative estimate of drug-likeness (QED) is 0.890. The van der Waals surface area contributed by atoms with Gasteiger partial charge in [0.15, 0.2) is 10.9 Å². The summed E-state index contributed by atoms with van der Waals surface area (Å²) in [4.78, 5) is 43.5. The van der Waals surface area contributed by atoms with Crippen LogP contribution in [-0.4, -0.2) is 32.7 Å². The Morgan fingerprint density at radius 2 is 2.18 bits per heavy atom. The first kappa shape index (κ1) is 14.3. The van der Waals surface area contributed by atoms with E-state index in [9.17, 15) is 14.4 Å². The highest BCUT2D eigenvalue weighted by Crippen LogP contribution is 2.32. The van der Waals surface area contributed by atoms with E-state index < -0.39 is 11.9 Å². The van der Waals surface area contributed by atoms with Gasteiger partial charge in [-0.25, -0.2) is 4.98 Å². The number of aliphatic carboxylic acids is 1. The maximum Gasteiger partial charge on any atom is 0.307 e. The number of carbonyl (C=O) groups is 3. The highest BCUT2D eigenvalue weighted by atomic mass is 32.1. The van der Waals surface area contributed by atoms with Gasteiger partial charge in [0.25, 0.3) is 5.91 Å². The number of pyridine rings is 1. The Hall–Kier alpha value is -2.61. The molecule has 0 aliphatic heterocycles. The molecule has 0 saturated carbocycles. The van der Waals surface area contributed by atoms with E-state index in [1.165, 1.54) is 6.20 Å². The number of rotatable bonds is 3. The van der Waals surface area contributed by atoms with E-state index in [2.05, 4.69) is 15.3 Å². The maximum absolute atomic E-state index is 12.0. The van der Waals surface area contributed by atoms with Crippen LogP contribution in [0, 0.1) is 5.92 Å². The standard InChI is InChI=1S/C14H11N3O4S/c18-10-5-8(13(20)21)4-9-11(10)22-14(16-9)17-12(19)7-2-1-3-15-6-7/h1-3,6,8H,4-5H2,(H,20,21)(H,16,17,19). The van der Waals surface area contributed by atoms with E-state index in [-0.39, 0.29) is 24.5 Å². The Morgan fingerprint density at radius 3 is 2.86 bits per heavy atom. The zero-order valence-corrected chi connectivity index (χ0v) is 12.1. The monoisotopic (exact) mass is 317 g/mol. The van der Waals surface area contributed by atoms with Crippen molar-refractivity contribution in [3.8, 4) is 0 Å². The smallest absolute Gasteiger partial charge is 0.307 e. The number of hydrogen-bond acceptors (Lipinski definition) is 6. The third-order valence-corrected chi connectivity index (χ3v) is 4.37. The average molecular weight is 317 g/mol. The third-order valence-electron chi connectivity index (χ3n) is 3.32. The first-order valence-corrected chi connectivity index (χ1v) is 7.33. The van der Waals surface area contributed by atoms with Gasteiger partial charge in [-0.05, 0) is 12.1 Å². The molecule has 1 aliphatic rings. The fourth-order valence-electron chi connectivity index (χ4n) is 2.22. The van der Waals surface area contributed by atoms with Crippen LogP contribution in [0.15, 0.2) is 24.5 Å². The number of carboxylic acid groups (broad SMARTS) is 1. The van der Waals surface area contributed by atoms with Gasteiger partial charge < -0.3 is 5.11 Å². The summed E-state index contributed by atoms with van der Waals surface area (Å²) in [6.45, 7) is 0. The van der Waals surface area contributed by atoms with Gasteiger partial charge in [-0.3, -0.25) is 24.7 Å². The van der Waals surface area contributed by atoms with E-state index in [0.717, 1.165) is 11.3 Å². The first-order chi connectivity index (χ1) is 10.5. The minimum Gasteiger partial charge on any atom is -0.481 e. The van der Waals surface area contributed by atoms with Gasteiger partial charge in [0.1, 0.15) is 0 Å². The lowest BCUT2D eigenvalue weighted by Gasteiger charge is -2.15. The highest BCUT2D eigenvalue weighted by Gasteiger charge is 2.33. The van der Waals surface area contributed by atoms with Gasteiger partial charge in [0.2, 0.25) is 0 Å². The molecule has 8 heteroatoms. The Balaban J connectivity index is 1.81. The van der Waals surface area contributed by atoms with Crippen LogP contribution in [0.4, 0.5) is 5.13 Å². The SMILES string of the molecule is O=C(Nc1nc2c(s1)C(=O)CC(C(=O)O)C2)c1cccnc1. The maximum atomic E-state index is 12.0. The zero-order chi connectivity index (χ0) is 15.7. The van der Waals surface area contributed by atoms with Gasteiger partial charge in [-0.15, -0.1) is 0 Å². The van der Waals surface area contributed by atoms with Crippen molar-refractivity contribution in [2.24, 2.45) is 5.92 Å². The predicted octanol–water partition coefficient (Wildman–Crippen LogP) is 1.62. The van der Waals surface area contributed by atoms with E-state index in [4.69, 9.17) is 5.11 Å². The van der Waals surface area contributed by atoms with Crippen molar-refractivity contribution in [3.63, 3.8) is 0 Å². The Morgan fingerprint density at radius 1 is 1.36 bits per heavy atom. The number of nitrogens with one attached hydrogen (secondary N) is 1. The molecule has 112 valence electrons. The number of hydrogen-bond donors (Lipinski definition) is 2. The van der Waals surface area contributed by atoms with E-state index in [1.54, 1.807) is 18.3 Å². The molecule has 2 N–H and O–H groups in total. The molecule has 0 radical (unpaired) electrons. The molecule has 2 aromatic rings. The van der Waals surface area contributed by atoms with Crippen molar-refractivity contribution in [1.82, 2.24) is 9.97 Å². The van der Waals surface area contributed by atoms with E-state index >= 15 is 0 Å². The summed E-state index contributed by atoms with van der Waals surface area (Å²) in [5.41, 5.74) is 0.820. The second kappa shape index (κ2) is 5.64. The fourth-order valence-corrected chi connectivity index (χ4v) is 3.16. The Bertz CT molecular complexity index is 757. The minimum absolute atomic E-state index is 0.0273. The number of carbonyl (C=O) groups excluding carboxylic acids is 2. The molecular formula is C14H11N3O4S. The molecule has 22 heavy (non-hydrogen) atoms. The summed E-state index contributed by atoms with van der Waals surface area (Å²) in [5.74, 6) is -2.37. The van der Waals surface area contributed by atoms with Crippen LogP contribution >= 0.6 is 11.3 Å². The Labute approximate surface area is 129 Å². The normalized spacial score (nSPS) is 16.9. The molecular weight excluding hydrogens is 306 g/mol. The van der Waals surface area contributed by atoms with Crippen molar-refractivity contribution >= 4 is 34.1 Å². The molecule has 1 aliphatic carbocycles. The number of fused-ring (bicyclic) bond motifs is 1. The number of anilines is 1. The van der Waals surface area contributed by atoms with Crippen LogP contribution in [0.1, 0.15) is 32.1 Å². The van der Waals surface area contributed by atoms with Crippen molar-refractivity contribution in [3.05, 3.63) is 40.7 Å². The number of Topliss-reactive ketones (excluding diaryl/α,β-unsaturated/α-hetero) is 1. The second-order valence-corrected chi connectivity index (χ2v) is 5.86. The summed E-state index contributed by atoms with van der Waals surface area (Å²) < 4.78 is 0. The van der Waals surface area contributed by atoms with Crippen LogP contribution < -0.4 is 5.32 Å². The first-order valence-electron chi connectivity index (χ1n) is 6.51. The van der Waals surface area contributed by atoms with Gasteiger partial charge in [0.05, 0.1) is 22.1 Å². The number of thiazole rings is 1. The number of carboxylic acids is 1. The summed E-state index contributed by atoms with van der Waals surface area (Å²) in [6.07, 6.45) is 3.16. The number of amides is 1. The van der Waals surface area contributed by atoms with Crippen LogP contribution in [-0.2, 0) is 11.2 Å². The number of aromatic nitrogens is 2. The molecule has 0 spiro atoms. The lowest BCUT2D eigenvalue weighted by molar-refractivity contribution is -0.141. The lowest BCUT2D eigenvalue weighted by atomic mass is 9.90. The topological polar surface area (TPSA) is 109 Å². The fraction of sp³-hybridized carbons (Fsp3) is 0.214. The summed E-state index contributed by atoms with van der Waals surface area (Å²) >= 11 is 1.07. The summed E-state index contributed by atoms with van der Waals surface area (Å²) in [5, 5.41) is 11.9. The molecule has 2 aromatic heterocycles. The van der Waals surface area contributed by atoms with Crippen LogP contribution in [0.5, 0.6) is 0 Å². The number of ketones is 1. The van der Waals surface area contributed by atoms with Crippen LogP contribution in [0.2, 0.25) is 0 Å². The molecule has 3 rings (SSSR count). The van der Waals surface area contributed by atoms with Crippen molar-refractivity contribution < 1.29 is 19.5 Å². The molecule has 2 heterocycles. The molecule has 0 aromatic carbocycles. The molecule has 1 amide bonds. The van der Waals surface area contributed by atoms with Crippen LogP contribution in [0.3, 0.4) is 0 Å². The minimum atomic E-state index is -1.01. The van der Waals surface area contributed by atoms with E-state index in [0.29, 0.717) is 21.3 Å². The summed E-state index contributed by atoms with van der Waals surface area (Å²) in [7, 11) is 0. The molecule has 7 nitrogen and oxygen atoms in total. The molecule has 0 bridgehead atoms. The molecule has 0 saturated heterocycles. The van der Waals surface area contributed by atoms with Crippen molar-refractivity contribution in [1.29, 1.82) is 0 Å². The molecule has 1 atom stereocenters. The van der Waals surface area contributed by atoms with Gasteiger partial charge in [-0.2, -0.15) is 0 Å².